The average molecular weight is 314 g/mol. The van der Waals surface area contributed by atoms with E-state index in [1.807, 2.05) is 37.3 Å². The molecule has 2 aromatic rings. The van der Waals surface area contributed by atoms with Crippen molar-refractivity contribution in [2.45, 2.75) is 39.8 Å². The van der Waals surface area contributed by atoms with Crippen molar-refractivity contribution in [3.8, 4) is 11.3 Å². The first-order valence-electron chi connectivity index (χ1n) is 6.68. The monoisotopic (exact) mass is 313 g/mol. The van der Waals surface area contributed by atoms with Crippen LogP contribution >= 0.6 is 24.0 Å². The van der Waals surface area contributed by atoms with Gasteiger partial charge in [-0.3, -0.25) is 0 Å². The van der Waals surface area contributed by atoms with Gasteiger partial charge in [0.1, 0.15) is 11.5 Å². The van der Waals surface area contributed by atoms with Crippen molar-refractivity contribution in [3.63, 3.8) is 0 Å². The number of benzene rings is 1. The second-order valence-electron chi connectivity index (χ2n) is 4.92. The highest BCUT2D eigenvalue weighted by Gasteiger charge is 2.07. The van der Waals surface area contributed by atoms with E-state index < -0.39 is 0 Å². The molecular weight excluding hydrogens is 293 g/mol. The van der Waals surface area contributed by atoms with Crippen molar-refractivity contribution < 1.29 is 4.42 Å². The lowest BCUT2D eigenvalue weighted by molar-refractivity contribution is 0.457. The normalized spacial score (nSPS) is 12.0. The average Bonchev–Trinajstić information content (AvgIpc) is 2.88. The number of hydrogen-bond donors (Lipinski definition) is 1. The standard InChI is InChI=1S/C16H20ClNO.ClH/c1-4-12(3)18-10-14-7-8-16(19-14)13-6-5-11(2)15(17)9-13;/h5-9,12,18H,4,10H2,1-3H3;1H. The lowest BCUT2D eigenvalue weighted by Crippen LogP contribution is -2.24. The van der Waals surface area contributed by atoms with Crippen LogP contribution in [0.2, 0.25) is 5.02 Å². The minimum Gasteiger partial charge on any atom is -0.460 e. The highest BCUT2D eigenvalue weighted by atomic mass is 35.5. The predicted octanol–water partition coefficient (Wildman–Crippen LogP) is 5.22. The molecule has 20 heavy (non-hydrogen) atoms. The Labute approximate surface area is 131 Å². The summed E-state index contributed by atoms with van der Waals surface area (Å²) in [5.74, 6) is 1.81. The van der Waals surface area contributed by atoms with Gasteiger partial charge in [-0.15, -0.1) is 12.4 Å². The number of aryl methyl sites for hydroxylation is 1. The largest absolute Gasteiger partial charge is 0.460 e. The van der Waals surface area contributed by atoms with Gasteiger partial charge in [-0.2, -0.15) is 0 Å². The molecule has 2 nitrogen and oxygen atoms in total. The Bertz CT molecular complexity index is 551. The Kier molecular flexibility index (Phi) is 6.60. The Hall–Kier alpha value is -0.960. The van der Waals surface area contributed by atoms with E-state index >= 15 is 0 Å². The van der Waals surface area contributed by atoms with Gasteiger partial charge in [-0.05, 0) is 44.0 Å². The molecule has 110 valence electrons. The lowest BCUT2D eigenvalue weighted by atomic mass is 10.1. The van der Waals surface area contributed by atoms with Gasteiger partial charge in [0.05, 0.1) is 6.54 Å². The second kappa shape index (κ2) is 7.72. The summed E-state index contributed by atoms with van der Waals surface area (Å²) in [5, 5.41) is 4.19. The minimum atomic E-state index is 0. The number of rotatable bonds is 5. The third kappa shape index (κ3) is 4.27. The molecule has 0 aliphatic carbocycles. The summed E-state index contributed by atoms with van der Waals surface area (Å²) in [6, 6.07) is 10.5. The van der Waals surface area contributed by atoms with E-state index in [2.05, 4.69) is 19.2 Å². The van der Waals surface area contributed by atoms with Gasteiger partial charge in [0, 0.05) is 16.6 Å². The van der Waals surface area contributed by atoms with Gasteiger partial charge in [0.15, 0.2) is 0 Å². The molecule has 0 aliphatic heterocycles. The van der Waals surface area contributed by atoms with Crippen LogP contribution in [0.3, 0.4) is 0 Å². The van der Waals surface area contributed by atoms with Crippen LogP contribution in [0.25, 0.3) is 11.3 Å². The highest BCUT2D eigenvalue weighted by Crippen LogP contribution is 2.26. The maximum Gasteiger partial charge on any atom is 0.134 e. The topological polar surface area (TPSA) is 25.2 Å². The fraction of sp³-hybridized carbons (Fsp3) is 0.375. The molecule has 0 saturated heterocycles. The summed E-state index contributed by atoms with van der Waals surface area (Å²) < 4.78 is 5.84. The second-order valence-corrected chi connectivity index (χ2v) is 5.33. The molecule has 2 rings (SSSR count). The van der Waals surface area contributed by atoms with E-state index in [4.69, 9.17) is 16.0 Å². The first kappa shape index (κ1) is 17.1. The highest BCUT2D eigenvalue weighted by molar-refractivity contribution is 6.31. The molecule has 0 saturated carbocycles. The third-order valence-electron chi connectivity index (χ3n) is 3.36. The maximum absolute atomic E-state index is 6.14. The third-order valence-corrected chi connectivity index (χ3v) is 3.76. The van der Waals surface area contributed by atoms with E-state index in [9.17, 15) is 0 Å². The van der Waals surface area contributed by atoms with Crippen LogP contribution in [0, 0.1) is 6.92 Å². The summed E-state index contributed by atoms with van der Waals surface area (Å²) in [5.41, 5.74) is 2.10. The van der Waals surface area contributed by atoms with Crippen molar-refractivity contribution >= 4 is 24.0 Å². The van der Waals surface area contributed by atoms with E-state index in [1.54, 1.807) is 0 Å². The Balaban J connectivity index is 0.00000200. The van der Waals surface area contributed by atoms with Gasteiger partial charge in [-0.1, -0.05) is 30.7 Å². The van der Waals surface area contributed by atoms with Crippen molar-refractivity contribution in [2.24, 2.45) is 0 Å². The fourth-order valence-electron chi connectivity index (χ4n) is 1.79. The summed E-state index contributed by atoms with van der Waals surface area (Å²) >= 11 is 6.14. The molecule has 1 atom stereocenters. The molecule has 0 amide bonds. The maximum atomic E-state index is 6.14. The molecule has 0 radical (unpaired) electrons. The van der Waals surface area contributed by atoms with Crippen molar-refractivity contribution in [3.05, 3.63) is 46.7 Å². The lowest BCUT2D eigenvalue weighted by Gasteiger charge is -2.09. The van der Waals surface area contributed by atoms with Gasteiger partial charge >= 0.3 is 0 Å². The quantitative estimate of drug-likeness (QED) is 0.818. The Morgan fingerprint density at radius 1 is 1.25 bits per heavy atom. The zero-order chi connectivity index (χ0) is 13.8. The summed E-state index contributed by atoms with van der Waals surface area (Å²) in [6.07, 6.45) is 1.11. The number of furan rings is 1. The van der Waals surface area contributed by atoms with Crippen LogP contribution in [-0.2, 0) is 6.54 Å². The van der Waals surface area contributed by atoms with Crippen LogP contribution in [0.5, 0.6) is 0 Å². The van der Waals surface area contributed by atoms with Gasteiger partial charge in [0.25, 0.3) is 0 Å². The zero-order valence-electron chi connectivity index (χ0n) is 12.1. The molecule has 1 aromatic heterocycles. The smallest absolute Gasteiger partial charge is 0.134 e. The number of hydrogen-bond acceptors (Lipinski definition) is 2. The first-order valence-corrected chi connectivity index (χ1v) is 7.06. The van der Waals surface area contributed by atoms with Crippen LogP contribution < -0.4 is 5.32 Å². The molecule has 0 bridgehead atoms. The number of nitrogens with one attached hydrogen (secondary N) is 1. The van der Waals surface area contributed by atoms with E-state index in [0.717, 1.165) is 40.6 Å². The van der Waals surface area contributed by atoms with Crippen molar-refractivity contribution in [1.29, 1.82) is 0 Å². The molecule has 0 spiro atoms. The summed E-state index contributed by atoms with van der Waals surface area (Å²) in [6.45, 7) is 7.09. The molecule has 1 heterocycles. The van der Waals surface area contributed by atoms with Gasteiger partial charge in [0.2, 0.25) is 0 Å². The van der Waals surface area contributed by atoms with E-state index in [0.29, 0.717) is 6.04 Å². The van der Waals surface area contributed by atoms with Crippen LogP contribution in [0.4, 0.5) is 0 Å². The van der Waals surface area contributed by atoms with Crippen LogP contribution in [0.15, 0.2) is 34.7 Å². The van der Waals surface area contributed by atoms with E-state index in [-0.39, 0.29) is 12.4 Å². The fourth-order valence-corrected chi connectivity index (χ4v) is 1.97. The summed E-state index contributed by atoms with van der Waals surface area (Å²) in [7, 11) is 0. The Morgan fingerprint density at radius 2 is 2.00 bits per heavy atom. The van der Waals surface area contributed by atoms with Gasteiger partial charge in [-0.25, -0.2) is 0 Å². The van der Waals surface area contributed by atoms with Crippen molar-refractivity contribution in [1.82, 2.24) is 5.32 Å². The zero-order valence-corrected chi connectivity index (χ0v) is 13.6. The van der Waals surface area contributed by atoms with Crippen LogP contribution in [0.1, 0.15) is 31.6 Å². The molecule has 0 fully saturated rings. The molecule has 4 heteroatoms. The molecule has 1 N–H and O–H groups in total. The molecule has 1 aromatic carbocycles. The predicted molar refractivity (Wildman–Crippen MR) is 87.7 cm³/mol. The first-order chi connectivity index (χ1) is 9.10. The van der Waals surface area contributed by atoms with E-state index in [1.165, 1.54) is 0 Å². The summed E-state index contributed by atoms with van der Waals surface area (Å²) in [4.78, 5) is 0. The molecule has 1 unspecified atom stereocenters. The SMILES string of the molecule is CCC(C)NCc1ccc(-c2ccc(C)c(Cl)c2)o1.Cl. The Morgan fingerprint density at radius 3 is 2.65 bits per heavy atom. The molecule has 0 aliphatic rings. The number of halogens is 2. The van der Waals surface area contributed by atoms with Crippen LogP contribution in [-0.4, -0.2) is 6.04 Å². The van der Waals surface area contributed by atoms with Crippen molar-refractivity contribution in [2.75, 3.05) is 0 Å². The van der Waals surface area contributed by atoms with Gasteiger partial charge < -0.3 is 9.73 Å². The minimum absolute atomic E-state index is 0. The molecular formula is C16H21Cl2NO.